The summed E-state index contributed by atoms with van der Waals surface area (Å²) >= 11 is 0. The van der Waals surface area contributed by atoms with E-state index in [1.807, 2.05) is 6.92 Å². The van der Waals surface area contributed by atoms with Gasteiger partial charge in [0, 0.05) is 11.4 Å². The van der Waals surface area contributed by atoms with Gasteiger partial charge in [-0.25, -0.2) is 14.8 Å². The molecule has 1 atom stereocenters. The van der Waals surface area contributed by atoms with E-state index in [1.165, 1.54) is 12.0 Å². The third-order valence-corrected chi connectivity index (χ3v) is 4.13. The van der Waals surface area contributed by atoms with Crippen molar-refractivity contribution in [1.82, 2.24) is 25.9 Å². The summed E-state index contributed by atoms with van der Waals surface area (Å²) in [6, 6.07) is -1.38. The first-order chi connectivity index (χ1) is 11.0. The van der Waals surface area contributed by atoms with E-state index in [0.717, 1.165) is 30.7 Å². The van der Waals surface area contributed by atoms with Crippen LogP contribution in [0.4, 0.5) is 4.79 Å². The van der Waals surface area contributed by atoms with Crippen molar-refractivity contribution in [3.8, 4) is 0 Å². The summed E-state index contributed by atoms with van der Waals surface area (Å²) in [5.41, 5.74) is 3.29. The molecule has 3 N–H and O–H groups in total. The second-order valence-corrected chi connectivity index (χ2v) is 5.85. The number of amides is 4. The molecule has 8 nitrogen and oxygen atoms in total. The second kappa shape index (κ2) is 6.31. The molecule has 3 rings (SSSR count). The highest BCUT2D eigenvalue weighted by atomic mass is 16.2. The van der Waals surface area contributed by atoms with Crippen LogP contribution >= 0.6 is 0 Å². The van der Waals surface area contributed by atoms with Gasteiger partial charge in [0.2, 0.25) is 5.91 Å². The average molecular weight is 317 g/mol. The zero-order valence-electron chi connectivity index (χ0n) is 12.9. The van der Waals surface area contributed by atoms with E-state index >= 15 is 0 Å². The van der Waals surface area contributed by atoms with E-state index in [9.17, 15) is 14.4 Å². The number of aromatic nitrogens is 2. The molecule has 1 saturated heterocycles. The fraction of sp³-hybridized carbons (Fsp3) is 0.533. The Morgan fingerprint density at radius 3 is 2.78 bits per heavy atom. The molecule has 1 aromatic rings. The van der Waals surface area contributed by atoms with Crippen molar-refractivity contribution in [2.24, 2.45) is 0 Å². The van der Waals surface area contributed by atoms with Gasteiger partial charge in [-0.05, 0) is 38.2 Å². The second-order valence-electron chi connectivity index (χ2n) is 5.85. The van der Waals surface area contributed by atoms with Gasteiger partial charge in [-0.2, -0.15) is 0 Å². The van der Waals surface area contributed by atoms with Gasteiger partial charge in [0.25, 0.3) is 5.91 Å². The molecule has 0 bridgehead atoms. The van der Waals surface area contributed by atoms with Gasteiger partial charge in [0.15, 0.2) is 0 Å². The van der Waals surface area contributed by atoms with Crippen molar-refractivity contribution in [1.29, 1.82) is 0 Å². The van der Waals surface area contributed by atoms with E-state index < -0.39 is 18.0 Å². The predicted molar refractivity (Wildman–Crippen MR) is 80.3 cm³/mol. The number of fused-ring (bicyclic) bond motifs is 1. The lowest BCUT2D eigenvalue weighted by molar-refractivity contribution is -0.126. The Balaban J connectivity index is 1.58. The van der Waals surface area contributed by atoms with Gasteiger partial charge < -0.3 is 10.6 Å². The first kappa shape index (κ1) is 15.4. The number of imide groups is 1. The molecular formula is C15H19N5O3. The molecule has 23 heavy (non-hydrogen) atoms. The van der Waals surface area contributed by atoms with Gasteiger partial charge >= 0.3 is 6.03 Å². The molecule has 1 unspecified atom stereocenters. The van der Waals surface area contributed by atoms with Crippen LogP contribution in [0.2, 0.25) is 0 Å². The zero-order valence-corrected chi connectivity index (χ0v) is 12.9. The van der Waals surface area contributed by atoms with E-state index in [-0.39, 0.29) is 18.9 Å². The summed E-state index contributed by atoms with van der Waals surface area (Å²) in [4.78, 5) is 43.3. The van der Waals surface area contributed by atoms with Crippen molar-refractivity contribution in [3.63, 3.8) is 0 Å². The highest BCUT2D eigenvalue weighted by Crippen LogP contribution is 2.21. The number of nitrogens with zero attached hydrogens (tertiary/aromatic N) is 2. The smallest absolute Gasteiger partial charge is 0.322 e. The predicted octanol–water partition coefficient (Wildman–Crippen LogP) is -0.122. The third-order valence-electron chi connectivity index (χ3n) is 4.13. The van der Waals surface area contributed by atoms with Crippen molar-refractivity contribution >= 4 is 17.8 Å². The van der Waals surface area contributed by atoms with Crippen LogP contribution in [0, 0.1) is 6.92 Å². The third kappa shape index (κ3) is 3.46. The minimum Gasteiger partial charge on any atom is -0.349 e. The van der Waals surface area contributed by atoms with E-state index in [2.05, 4.69) is 25.9 Å². The van der Waals surface area contributed by atoms with Crippen LogP contribution in [-0.2, 0) is 29.0 Å². The van der Waals surface area contributed by atoms with Gasteiger partial charge in [-0.15, -0.1) is 0 Å². The number of nitrogens with one attached hydrogen (secondary N) is 3. The average Bonchev–Trinajstić information content (AvgIpc) is 2.83. The first-order valence-corrected chi connectivity index (χ1v) is 7.76. The fourth-order valence-electron chi connectivity index (χ4n) is 2.96. The number of hydrogen-bond acceptors (Lipinski definition) is 5. The lowest BCUT2D eigenvalue weighted by Crippen LogP contribution is -2.36. The summed E-state index contributed by atoms with van der Waals surface area (Å²) in [6.45, 7) is 2.19. The zero-order chi connectivity index (χ0) is 16.4. The first-order valence-electron chi connectivity index (χ1n) is 7.76. The number of carbonyl (C=O) groups is 3. The molecule has 2 aliphatic rings. The number of hydrogen-bond donors (Lipinski definition) is 3. The Kier molecular flexibility index (Phi) is 4.22. The Hall–Kier alpha value is -2.51. The Labute approximate surface area is 133 Å². The van der Waals surface area contributed by atoms with Crippen LogP contribution in [0.15, 0.2) is 0 Å². The van der Waals surface area contributed by atoms with E-state index in [1.54, 1.807) is 0 Å². The summed E-state index contributed by atoms with van der Waals surface area (Å²) < 4.78 is 0. The summed E-state index contributed by atoms with van der Waals surface area (Å²) in [7, 11) is 0. The lowest BCUT2D eigenvalue weighted by Gasteiger charge is -2.17. The van der Waals surface area contributed by atoms with Crippen LogP contribution in [0.25, 0.3) is 0 Å². The molecule has 1 aliphatic heterocycles. The van der Waals surface area contributed by atoms with Crippen molar-refractivity contribution in [2.45, 2.75) is 51.6 Å². The monoisotopic (exact) mass is 317 g/mol. The number of urea groups is 1. The molecule has 1 aromatic heterocycles. The minimum atomic E-state index is -0.811. The summed E-state index contributed by atoms with van der Waals surface area (Å²) in [5, 5.41) is 7.19. The number of carbonyl (C=O) groups excluding carboxylic acids is 3. The summed E-state index contributed by atoms with van der Waals surface area (Å²) in [5.74, 6) is -0.228. The maximum atomic E-state index is 11.9. The SMILES string of the molecule is Cc1nc(CNC(=O)CC2NC(=O)NC2=O)nc2c1CCCC2. The normalized spacial score (nSPS) is 19.8. The molecule has 0 spiro atoms. The molecule has 0 radical (unpaired) electrons. The quantitative estimate of drug-likeness (QED) is 0.670. The number of aryl methyl sites for hydroxylation is 2. The van der Waals surface area contributed by atoms with Crippen molar-refractivity contribution in [2.75, 3.05) is 0 Å². The molecule has 0 aromatic carbocycles. The van der Waals surface area contributed by atoms with E-state index in [0.29, 0.717) is 5.82 Å². The van der Waals surface area contributed by atoms with Gasteiger partial charge in [-0.3, -0.25) is 14.9 Å². The molecule has 4 amide bonds. The minimum absolute atomic E-state index is 0.0957. The molecule has 1 aliphatic carbocycles. The van der Waals surface area contributed by atoms with Crippen LogP contribution in [0.1, 0.15) is 42.0 Å². The topological polar surface area (TPSA) is 113 Å². The van der Waals surface area contributed by atoms with Gasteiger partial charge in [0.1, 0.15) is 11.9 Å². The lowest BCUT2D eigenvalue weighted by atomic mass is 9.95. The summed E-state index contributed by atoms with van der Waals surface area (Å²) in [6.07, 6.45) is 4.17. The largest absolute Gasteiger partial charge is 0.349 e. The maximum absolute atomic E-state index is 11.9. The standard InChI is InChI=1S/C15H19N5O3/c1-8-9-4-2-3-5-10(9)18-12(17-8)7-16-13(21)6-11-14(22)20-15(23)19-11/h11H,2-7H2,1H3,(H,16,21)(H2,19,20,22,23). The van der Waals surface area contributed by atoms with Gasteiger partial charge in [0.05, 0.1) is 13.0 Å². The van der Waals surface area contributed by atoms with Crippen LogP contribution in [0.3, 0.4) is 0 Å². The Morgan fingerprint density at radius 1 is 1.26 bits per heavy atom. The molecule has 0 saturated carbocycles. The number of rotatable bonds is 4. The van der Waals surface area contributed by atoms with Crippen molar-refractivity contribution < 1.29 is 14.4 Å². The molecular weight excluding hydrogens is 298 g/mol. The fourth-order valence-corrected chi connectivity index (χ4v) is 2.96. The molecule has 8 heteroatoms. The van der Waals surface area contributed by atoms with Crippen LogP contribution in [-0.4, -0.2) is 33.9 Å². The van der Waals surface area contributed by atoms with Gasteiger partial charge in [-0.1, -0.05) is 0 Å². The van der Waals surface area contributed by atoms with E-state index in [4.69, 9.17) is 0 Å². The molecule has 122 valence electrons. The maximum Gasteiger partial charge on any atom is 0.322 e. The molecule has 1 fully saturated rings. The Morgan fingerprint density at radius 2 is 2.04 bits per heavy atom. The highest BCUT2D eigenvalue weighted by molar-refractivity contribution is 6.05. The highest BCUT2D eigenvalue weighted by Gasteiger charge is 2.31. The Bertz CT molecular complexity index is 673. The molecule has 2 heterocycles. The van der Waals surface area contributed by atoms with Crippen LogP contribution < -0.4 is 16.0 Å². The van der Waals surface area contributed by atoms with Crippen molar-refractivity contribution in [3.05, 3.63) is 22.8 Å². The van der Waals surface area contributed by atoms with Crippen LogP contribution in [0.5, 0.6) is 0 Å².